The average Bonchev–Trinajstić information content (AvgIpc) is 2.78. The molecule has 0 saturated carbocycles. The van der Waals surface area contributed by atoms with Gasteiger partial charge in [0.2, 0.25) is 0 Å². The van der Waals surface area contributed by atoms with E-state index in [-0.39, 0.29) is 16.0 Å². The van der Waals surface area contributed by atoms with Crippen LogP contribution in [0.5, 0.6) is 0 Å². The summed E-state index contributed by atoms with van der Waals surface area (Å²) in [6.07, 6.45) is 0.657. The predicted octanol–water partition coefficient (Wildman–Crippen LogP) is 3.62. The lowest BCUT2D eigenvalue weighted by atomic mass is 10.1. The molecule has 0 bridgehead atoms. The second kappa shape index (κ2) is 5.00. The topological polar surface area (TPSA) is 37.4 Å². The van der Waals surface area contributed by atoms with Crippen molar-refractivity contribution in [3.63, 3.8) is 0 Å². The van der Waals surface area contributed by atoms with E-state index in [0.29, 0.717) is 12.1 Å². The minimum absolute atomic E-state index is 0.00236. The standard InChI is InChI=1S/C15H13ClFNO2S/c1-10-8-11-4-2-3-5-15(11)18(10)21(19,20)12-6-7-14(17)13(16)9-12/h2-7,9-10H,8H2,1H3. The van der Waals surface area contributed by atoms with Crippen LogP contribution in [0.2, 0.25) is 5.02 Å². The Morgan fingerprint density at radius 1 is 1.24 bits per heavy atom. The first-order chi connectivity index (χ1) is 9.91. The molecule has 2 aromatic carbocycles. The fourth-order valence-electron chi connectivity index (χ4n) is 2.65. The highest BCUT2D eigenvalue weighted by Crippen LogP contribution is 2.36. The van der Waals surface area contributed by atoms with E-state index in [0.717, 1.165) is 17.7 Å². The van der Waals surface area contributed by atoms with Crippen LogP contribution in [-0.2, 0) is 16.4 Å². The van der Waals surface area contributed by atoms with Gasteiger partial charge >= 0.3 is 0 Å². The second-order valence-electron chi connectivity index (χ2n) is 5.06. The highest BCUT2D eigenvalue weighted by Gasteiger charge is 2.35. The van der Waals surface area contributed by atoms with Crippen molar-refractivity contribution in [1.82, 2.24) is 0 Å². The van der Waals surface area contributed by atoms with Gasteiger partial charge in [-0.3, -0.25) is 4.31 Å². The summed E-state index contributed by atoms with van der Waals surface area (Å²) in [5.74, 6) is -0.634. The van der Waals surface area contributed by atoms with E-state index in [4.69, 9.17) is 11.6 Å². The lowest BCUT2D eigenvalue weighted by Crippen LogP contribution is -2.35. The third-order valence-electron chi connectivity index (χ3n) is 3.59. The molecule has 6 heteroatoms. The molecule has 0 radical (unpaired) electrons. The Bertz CT molecular complexity index is 807. The van der Waals surface area contributed by atoms with E-state index >= 15 is 0 Å². The maximum absolute atomic E-state index is 13.2. The third kappa shape index (κ3) is 2.30. The van der Waals surface area contributed by atoms with Crippen LogP contribution in [0, 0.1) is 5.82 Å². The smallest absolute Gasteiger partial charge is 0.263 e. The van der Waals surface area contributed by atoms with Crippen LogP contribution in [0.1, 0.15) is 12.5 Å². The quantitative estimate of drug-likeness (QED) is 0.845. The van der Waals surface area contributed by atoms with Crippen molar-refractivity contribution in [3.8, 4) is 0 Å². The van der Waals surface area contributed by atoms with Crippen LogP contribution in [0.4, 0.5) is 10.1 Å². The van der Waals surface area contributed by atoms with Crippen LogP contribution >= 0.6 is 11.6 Å². The highest BCUT2D eigenvalue weighted by atomic mass is 35.5. The lowest BCUT2D eigenvalue weighted by molar-refractivity contribution is 0.583. The minimum atomic E-state index is -3.76. The molecule has 3 nitrogen and oxygen atoms in total. The summed E-state index contributed by atoms with van der Waals surface area (Å²) >= 11 is 5.71. The van der Waals surface area contributed by atoms with E-state index < -0.39 is 15.8 Å². The van der Waals surface area contributed by atoms with Gasteiger partial charge in [-0.25, -0.2) is 12.8 Å². The molecule has 0 fully saturated rings. The third-order valence-corrected chi connectivity index (χ3v) is 5.81. The van der Waals surface area contributed by atoms with Gasteiger partial charge in [0, 0.05) is 6.04 Å². The van der Waals surface area contributed by atoms with Crippen molar-refractivity contribution in [2.24, 2.45) is 0 Å². The van der Waals surface area contributed by atoms with Gasteiger partial charge in [0.1, 0.15) is 5.82 Å². The molecule has 2 aromatic rings. The zero-order valence-electron chi connectivity index (χ0n) is 11.3. The monoisotopic (exact) mass is 325 g/mol. The molecule has 1 atom stereocenters. The molecule has 0 N–H and O–H groups in total. The number of benzene rings is 2. The summed E-state index contributed by atoms with van der Waals surface area (Å²) in [6, 6.07) is 10.7. The van der Waals surface area contributed by atoms with Gasteiger partial charge in [-0.15, -0.1) is 0 Å². The molecule has 21 heavy (non-hydrogen) atoms. The number of rotatable bonds is 2. The SMILES string of the molecule is CC1Cc2ccccc2N1S(=O)(=O)c1ccc(F)c(Cl)c1. The molecule has 1 aliphatic rings. The van der Waals surface area contributed by atoms with Gasteiger partial charge in [-0.2, -0.15) is 0 Å². The molecule has 0 saturated heterocycles. The van der Waals surface area contributed by atoms with Gasteiger partial charge in [0.05, 0.1) is 15.6 Å². The van der Waals surface area contributed by atoms with Gasteiger partial charge < -0.3 is 0 Å². The maximum Gasteiger partial charge on any atom is 0.264 e. The summed E-state index contributed by atoms with van der Waals surface area (Å²) in [6.45, 7) is 1.85. The molecule has 1 unspecified atom stereocenters. The maximum atomic E-state index is 13.2. The van der Waals surface area contributed by atoms with E-state index in [1.807, 2.05) is 19.1 Å². The van der Waals surface area contributed by atoms with Crippen molar-refractivity contribution >= 4 is 27.3 Å². The Labute approximate surface area is 128 Å². The normalized spacial score (nSPS) is 17.9. The molecular formula is C15H13ClFNO2S. The first-order valence-electron chi connectivity index (χ1n) is 6.48. The van der Waals surface area contributed by atoms with Crippen molar-refractivity contribution in [2.75, 3.05) is 4.31 Å². The summed E-state index contributed by atoms with van der Waals surface area (Å²) < 4.78 is 40.3. The number of anilines is 1. The van der Waals surface area contributed by atoms with E-state index in [1.165, 1.54) is 10.4 Å². The van der Waals surface area contributed by atoms with Gasteiger partial charge in [0.15, 0.2) is 0 Å². The fraction of sp³-hybridized carbons (Fsp3) is 0.200. The van der Waals surface area contributed by atoms with Crippen LogP contribution in [0.15, 0.2) is 47.4 Å². The number of hydrogen-bond acceptors (Lipinski definition) is 2. The predicted molar refractivity (Wildman–Crippen MR) is 80.7 cm³/mol. The van der Waals surface area contributed by atoms with Crippen molar-refractivity contribution in [2.45, 2.75) is 24.3 Å². The van der Waals surface area contributed by atoms with Gasteiger partial charge in [-0.1, -0.05) is 29.8 Å². The van der Waals surface area contributed by atoms with Gasteiger partial charge in [-0.05, 0) is 43.2 Å². The zero-order valence-corrected chi connectivity index (χ0v) is 12.8. The lowest BCUT2D eigenvalue weighted by Gasteiger charge is -2.24. The second-order valence-corrected chi connectivity index (χ2v) is 7.28. The van der Waals surface area contributed by atoms with E-state index in [9.17, 15) is 12.8 Å². The van der Waals surface area contributed by atoms with E-state index in [2.05, 4.69) is 0 Å². The Balaban J connectivity index is 2.12. The van der Waals surface area contributed by atoms with E-state index in [1.54, 1.807) is 12.1 Å². The van der Waals surface area contributed by atoms with Crippen LogP contribution in [-0.4, -0.2) is 14.5 Å². The van der Waals surface area contributed by atoms with Crippen LogP contribution < -0.4 is 4.31 Å². The zero-order chi connectivity index (χ0) is 15.2. The highest BCUT2D eigenvalue weighted by molar-refractivity contribution is 7.92. The molecule has 110 valence electrons. The molecule has 1 aliphatic heterocycles. The minimum Gasteiger partial charge on any atom is -0.263 e. The summed E-state index contributed by atoms with van der Waals surface area (Å²) in [7, 11) is -3.76. The summed E-state index contributed by atoms with van der Waals surface area (Å²) in [4.78, 5) is -0.00236. The van der Waals surface area contributed by atoms with Crippen molar-refractivity contribution in [1.29, 1.82) is 0 Å². The molecule has 0 aromatic heterocycles. The molecule has 0 spiro atoms. The number of sulfonamides is 1. The average molecular weight is 326 g/mol. The molecule has 3 rings (SSSR count). The number of para-hydroxylation sites is 1. The first-order valence-corrected chi connectivity index (χ1v) is 8.30. The first kappa shape index (κ1) is 14.4. The number of fused-ring (bicyclic) bond motifs is 1. The number of nitrogens with zero attached hydrogens (tertiary/aromatic N) is 1. The number of hydrogen-bond donors (Lipinski definition) is 0. The Morgan fingerprint density at radius 2 is 1.95 bits per heavy atom. The Hall–Kier alpha value is -1.59. The van der Waals surface area contributed by atoms with Crippen molar-refractivity contribution in [3.05, 3.63) is 58.9 Å². The summed E-state index contributed by atoms with van der Waals surface area (Å²) in [5.41, 5.74) is 1.66. The fourth-order valence-corrected chi connectivity index (χ4v) is 4.62. The van der Waals surface area contributed by atoms with Gasteiger partial charge in [0.25, 0.3) is 10.0 Å². The van der Waals surface area contributed by atoms with Crippen LogP contribution in [0.25, 0.3) is 0 Å². The number of halogens is 2. The molecule has 1 heterocycles. The van der Waals surface area contributed by atoms with Crippen LogP contribution in [0.3, 0.4) is 0 Å². The molecule has 0 aliphatic carbocycles. The summed E-state index contributed by atoms with van der Waals surface area (Å²) in [5, 5.41) is -0.198. The van der Waals surface area contributed by atoms with Crippen molar-refractivity contribution < 1.29 is 12.8 Å². The Morgan fingerprint density at radius 3 is 2.67 bits per heavy atom. The molecular weight excluding hydrogens is 313 g/mol. The molecule has 0 amide bonds. The largest absolute Gasteiger partial charge is 0.264 e. The Kier molecular flexibility index (Phi) is 3.42.